The van der Waals surface area contributed by atoms with Crippen molar-refractivity contribution in [3.8, 4) is 0 Å². The van der Waals surface area contributed by atoms with Crippen molar-refractivity contribution >= 4 is 16.1 Å². The fourth-order valence-electron chi connectivity index (χ4n) is 5.63. The Morgan fingerprint density at radius 2 is 1.64 bits per heavy atom. The molecule has 4 saturated carbocycles. The maximum atomic E-state index is 12.6. The predicted octanol–water partition coefficient (Wildman–Crippen LogP) is 2.78. The van der Waals surface area contributed by atoms with Crippen molar-refractivity contribution in [2.24, 2.45) is 11.8 Å². The van der Waals surface area contributed by atoms with E-state index in [1.807, 2.05) is 4.72 Å². The number of halogens is 3. The summed E-state index contributed by atoms with van der Waals surface area (Å²) in [6.07, 6.45) is -0.375. The lowest BCUT2D eigenvalue weighted by atomic mass is 9.51. The van der Waals surface area contributed by atoms with Crippen molar-refractivity contribution < 1.29 is 31.5 Å². The Morgan fingerprint density at radius 1 is 1.07 bits per heavy atom. The molecule has 28 heavy (non-hydrogen) atoms. The number of amides is 2. The van der Waals surface area contributed by atoms with Crippen molar-refractivity contribution in [1.82, 2.24) is 10.0 Å². The molecule has 154 valence electrons. The minimum absolute atomic E-state index is 0.304. The Morgan fingerprint density at radius 3 is 2.14 bits per heavy atom. The molecule has 2 unspecified atom stereocenters. The van der Waals surface area contributed by atoms with Crippen molar-refractivity contribution in [3.05, 3.63) is 29.8 Å². The highest BCUT2D eigenvalue weighted by Gasteiger charge is 2.57. The summed E-state index contributed by atoms with van der Waals surface area (Å²) in [5.41, 5.74) is -2.43. The van der Waals surface area contributed by atoms with Gasteiger partial charge in [-0.25, -0.2) is 17.9 Å². The summed E-state index contributed by atoms with van der Waals surface area (Å²) in [6, 6.07) is 2.00. The molecule has 0 aromatic heterocycles. The molecule has 0 heterocycles. The van der Waals surface area contributed by atoms with Crippen LogP contribution < -0.4 is 10.0 Å². The molecule has 6 nitrogen and oxygen atoms in total. The van der Waals surface area contributed by atoms with Crippen LogP contribution in [-0.2, 0) is 16.2 Å². The van der Waals surface area contributed by atoms with E-state index in [1.54, 1.807) is 0 Å². The summed E-state index contributed by atoms with van der Waals surface area (Å²) in [5, 5.41) is 13.4. The zero-order valence-electron chi connectivity index (χ0n) is 14.9. The third kappa shape index (κ3) is 3.59. The van der Waals surface area contributed by atoms with Crippen LogP contribution >= 0.6 is 0 Å². The molecule has 0 spiro atoms. The van der Waals surface area contributed by atoms with Gasteiger partial charge in [-0.1, -0.05) is 0 Å². The van der Waals surface area contributed by atoms with Crippen molar-refractivity contribution in [2.75, 3.05) is 0 Å². The molecule has 4 aliphatic carbocycles. The van der Waals surface area contributed by atoms with E-state index >= 15 is 0 Å². The van der Waals surface area contributed by atoms with Gasteiger partial charge in [0.25, 0.3) is 10.0 Å². The summed E-state index contributed by atoms with van der Waals surface area (Å²) >= 11 is 0. The van der Waals surface area contributed by atoms with E-state index < -0.39 is 43.8 Å². The van der Waals surface area contributed by atoms with Crippen LogP contribution in [0.5, 0.6) is 0 Å². The fourth-order valence-corrected chi connectivity index (χ4v) is 6.54. The van der Waals surface area contributed by atoms with E-state index in [9.17, 15) is 31.5 Å². The number of hydrogen-bond donors (Lipinski definition) is 3. The SMILES string of the molecule is O=C(NC12CC3CC(CC(O)(C3)C1)C2)NS(=O)(=O)c1ccc(C(F)(F)F)cc1. The number of rotatable bonds is 3. The molecular formula is C18H21F3N2O4S. The normalized spacial score (nSPS) is 34.3. The molecule has 4 bridgehead atoms. The molecule has 5 rings (SSSR count). The average molecular weight is 418 g/mol. The Balaban J connectivity index is 1.46. The molecule has 0 saturated heterocycles. The Kier molecular flexibility index (Phi) is 4.24. The molecule has 4 fully saturated rings. The highest BCUT2D eigenvalue weighted by atomic mass is 32.2. The second-order valence-corrected chi connectivity index (χ2v) is 10.2. The number of benzene rings is 1. The fraction of sp³-hybridized carbons (Fsp3) is 0.611. The highest BCUT2D eigenvalue weighted by Crippen LogP contribution is 2.57. The van der Waals surface area contributed by atoms with E-state index in [0.29, 0.717) is 56.1 Å². The molecule has 1 aromatic carbocycles. The number of carbonyl (C=O) groups excluding carboxylic acids is 1. The molecule has 2 atom stereocenters. The third-order valence-electron chi connectivity index (χ3n) is 6.13. The largest absolute Gasteiger partial charge is 0.416 e. The quantitative estimate of drug-likeness (QED) is 0.704. The van der Waals surface area contributed by atoms with Crippen LogP contribution in [0.3, 0.4) is 0 Å². The smallest absolute Gasteiger partial charge is 0.390 e. The number of carbonyl (C=O) groups is 1. The first-order valence-electron chi connectivity index (χ1n) is 9.13. The minimum atomic E-state index is -4.58. The second-order valence-electron chi connectivity index (χ2n) is 8.55. The van der Waals surface area contributed by atoms with Crippen LogP contribution in [0, 0.1) is 11.8 Å². The van der Waals surface area contributed by atoms with E-state index in [-0.39, 0.29) is 0 Å². The van der Waals surface area contributed by atoms with E-state index in [1.165, 1.54) is 0 Å². The number of urea groups is 1. The first-order valence-corrected chi connectivity index (χ1v) is 10.6. The summed E-state index contributed by atoms with van der Waals surface area (Å²) in [6.45, 7) is 0. The average Bonchev–Trinajstić information content (AvgIpc) is 2.50. The maximum absolute atomic E-state index is 12.6. The van der Waals surface area contributed by atoms with Gasteiger partial charge in [-0.05, 0) is 74.6 Å². The van der Waals surface area contributed by atoms with E-state index in [2.05, 4.69) is 5.32 Å². The lowest BCUT2D eigenvalue weighted by Gasteiger charge is -2.60. The Bertz CT molecular complexity index is 884. The van der Waals surface area contributed by atoms with Crippen LogP contribution in [-0.4, -0.2) is 30.7 Å². The summed E-state index contributed by atoms with van der Waals surface area (Å²) in [7, 11) is -4.31. The zero-order valence-corrected chi connectivity index (χ0v) is 15.7. The topological polar surface area (TPSA) is 95.5 Å². The predicted molar refractivity (Wildman–Crippen MR) is 92.7 cm³/mol. The standard InChI is InChI=1S/C18H21F3N2O4S/c19-18(20,21)13-1-3-14(4-2-13)28(26,27)23-15(24)22-16-6-11-5-12(7-16)9-17(25,8-11)10-16/h1-4,11-12,25H,5-10H2,(H2,22,23,24). The molecule has 3 N–H and O–H groups in total. The van der Waals surface area contributed by atoms with E-state index in [0.717, 1.165) is 18.6 Å². The van der Waals surface area contributed by atoms with Crippen LogP contribution in [0.2, 0.25) is 0 Å². The van der Waals surface area contributed by atoms with Crippen LogP contribution in [0.1, 0.15) is 44.1 Å². The maximum Gasteiger partial charge on any atom is 0.416 e. The van der Waals surface area contributed by atoms with Crippen molar-refractivity contribution in [1.29, 1.82) is 0 Å². The lowest BCUT2D eigenvalue weighted by molar-refractivity contribution is -0.139. The van der Waals surface area contributed by atoms with Crippen molar-refractivity contribution in [3.63, 3.8) is 0 Å². The first-order chi connectivity index (χ1) is 12.9. The summed E-state index contributed by atoms with van der Waals surface area (Å²) in [5.74, 6) is 0.608. The molecule has 4 aliphatic rings. The number of alkyl halides is 3. The van der Waals surface area contributed by atoms with Gasteiger partial charge in [0, 0.05) is 5.54 Å². The highest BCUT2D eigenvalue weighted by molar-refractivity contribution is 7.90. The van der Waals surface area contributed by atoms with Crippen molar-refractivity contribution in [2.45, 2.75) is 60.7 Å². The van der Waals surface area contributed by atoms with Gasteiger partial charge < -0.3 is 10.4 Å². The first kappa shape index (κ1) is 19.5. The van der Waals surface area contributed by atoms with Gasteiger partial charge in [-0.15, -0.1) is 0 Å². The van der Waals surface area contributed by atoms with Crippen LogP contribution in [0.25, 0.3) is 0 Å². The number of aliphatic hydroxyl groups is 1. The number of nitrogens with one attached hydrogen (secondary N) is 2. The molecule has 2 amide bonds. The van der Waals surface area contributed by atoms with Gasteiger partial charge in [-0.2, -0.15) is 13.2 Å². The summed E-state index contributed by atoms with van der Waals surface area (Å²) < 4.78 is 64.4. The van der Waals surface area contributed by atoms with Gasteiger partial charge in [0.05, 0.1) is 16.1 Å². The third-order valence-corrected chi connectivity index (χ3v) is 7.47. The molecule has 0 radical (unpaired) electrons. The van der Waals surface area contributed by atoms with Gasteiger partial charge in [-0.3, -0.25) is 0 Å². The Hall–Kier alpha value is -1.81. The Labute approximate surface area is 160 Å². The lowest BCUT2D eigenvalue weighted by Crippen LogP contribution is -2.66. The summed E-state index contributed by atoms with van der Waals surface area (Å²) in [4.78, 5) is 12.0. The van der Waals surface area contributed by atoms with Gasteiger partial charge in [0.2, 0.25) is 0 Å². The van der Waals surface area contributed by atoms with Crippen LogP contribution in [0.4, 0.5) is 18.0 Å². The number of sulfonamides is 1. The van der Waals surface area contributed by atoms with E-state index in [4.69, 9.17) is 0 Å². The monoisotopic (exact) mass is 418 g/mol. The molecule has 10 heteroatoms. The van der Waals surface area contributed by atoms with Gasteiger partial charge in [0.1, 0.15) is 0 Å². The zero-order chi connectivity index (χ0) is 20.4. The molecule has 0 aliphatic heterocycles. The van der Waals surface area contributed by atoms with Gasteiger partial charge in [0.15, 0.2) is 0 Å². The second kappa shape index (κ2) is 6.09. The molecule has 1 aromatic rings. The van der Waals surface area contributed by atoms with Crippen LogP contribution in [0.15, 0.2) is 29.2 Å². The van der Waals surface area contributed by atoms with Gasteiger partial charge >= 0.3 is 12.2 Å². The molecular weight excluding hydrogens is 397 g/mol. The number of hydrogen-bond acceptors (Lipinski definition) is 4. The minimum Gasteiger partial charge on any atom is -0.390 e.